The first-order valence-corrected chi connectivity index (χ1v) is 4.01. The number of carboxylic acids is 1. The molecule has 7 heteroatoms. The van der Waals surface area contributed by atoms with Crippen molar-refractivity contribution in [3.63, 3.8) is 0 Å². The number of rotatable bonds is 2. The molecule has 0 saturated carbocycles. The predicted molar refractivity (Wildman–Crippen MR) is 51.2 cm³/mol. The van der Waals surface area contributed by atoms with Crippen LogP contribution in [0.2, 0.25) is 0 Å². The molecule has 76 valence electrons. The van der Waals surface area contributed by atoms with E-state index in [2.05, 4.69) is 20.2 Å². The Kier molecular flexibility index (Phi) is 2.05. The van der Waals surface area contributed by atoms with E-state index in [1.807, 2.05) is 0 Å². The molecule has 0 aromatic carbocycles. The molecular formula is C8H6N4O3. The second-order valence-corrected chi connectivity index (χ2v) is 2.74. The van der Waals surface area contributed by atoms with Crippen molar-refractivity contribution in [1.29, 1.82) is 0 Å². The summed E-state index contributed by atoms with van der Waals surface area (Å²) in [6.45, 7) is 0. The molecular weight excluding hydrogens is 200 g/mol. The highest BCUT2D eigenvalue weighted by molar-refractivity contribution is 5.90. The van der Waals surface area contributed by atoms with E-state index in [1.165, 1.54) is 12.4 Å². The van der Waals surface area contributed by atoms with Crippen LogP contribution in [-0.2, 0) is 4.79 Å². The second kappa shape index (κ2) is 3.37. The standard InChI is InChI=1S/C8H6N4O3/c13-5(14)2-1-4-6-7(12-11-4)9-3-10-8(6)15/h1-3H,(H,13,14)(H2,9,10,11,12,15). The zero-order valence-electron chi connectivity index (χ0n) is 7.39. The minimum atomic E-state index is -1.10. The highest BCUT2D eigenvalue weighted by Gasteiger charge is 2.07. The average molecular weight is 206 g/mol. The number of aliphatic carboxylic acids is 1. The number of aromatic amines is 2. The highest BCUT2D eigenvalue weighted by atomic mass is 16.4. The molecule has 0 spiro atoms. The fourth-order valence-electron chi connectivity index (χ4n) is 1.16. The molecule has 2 heterocycles. The molecule has 0 aliphatic heterocycles. The Morgan fingerprint density at radius 1 is 1.53 bits per heavy atom. The van der Waals surface area contributed by atoms with Gasteiger partial charge in [-0.25, -0.2) is 9.78 Å². The minimum absolute atomic E-state index is 0.245. The molecule has 0 radical (unpaired) electrons. The monoisotopic (exact) mass is 206 g/mol. The number of H-pyrrole nitrogens is 2. The van der Waals surface area contributed by atoms with Crippen molar-refractivity contribution >= 4 is 23.1 Å². The molecule has 15 heavy (non-hydrogen) atoms. The summed E-state index contributed by atoms with van der Waals surface area (Å²) in [5.74, 6) is -1.10. The van der Waals surface area contributed by atoms with Crippen LogP contribution < -0.4 is 5.56 Å². The molecule has 2 aromatic rings. The Balaban J connectivity index is 2.63. The summed E-state index contributed by atoms with van der Waals surface area (Å²) in [5.41, 5.74) is 0.212. The molecule has 2 rings (SSSR count). The van der Waals surface area contributed by atoms with E-state index < -0.39 is 5.97 Å². The number of hydrogen-bond donors (Lipinski definition) is 3. The van der Waals surface area contributed by atoms with E-state index in [9.17, 15) is 9.59 Å². The summed E-state index contributed by atoms with van der Waals surface area (Å²) in [6, 6.07) is 0. The first-order valence-electron chi connectivity index (χ1n) is 4.01. The summed E-state index contributed by atoms with van der Waals surface area (Å²) in [4.78, 5) is 27.9. The quantitative estimate of drug-likeness (QED) is 0.586. The number of carboxylic acid groups (broad SMARTS) is 1. The molecule has 7 nitrogen and oxygen atoms in total. The van der Waals surface area contributed by atoms with Crippen molar-refractivity contribution in [1.82, 2.24) is 20.2 Å². The Morgan fingerprint density at radius 3 is 3.07 bits per heavy atom. The van der Waals surface area contributed by atoms with Gasteiger partial charge >= 0.3 is 5.97 Å². The lowest BCUT2D eigenvalue weighted by Crippen LogP contribution is -2.05. The third-order valence-corrected chi connectivity index (χ3v) is 1.78. The molecule has 0 unspecified atom stereocenters. The molecule has 0 saturated heterocycles. The SMILES string of the molecule is O=C(O)C=Cc1[nH]nc2nc[nH]c(=O)c12. The number of hydrogen-bond acceptors (Lipinski definition) is 4. The molecule has 0 aliphatic rings. The zero-order chi connectivity index (χ0) is 10.8. The van der Waals surface area contributed by atoms with Crippen molar-refractivity contribution in [2.24, 2.45) is 0 Å². The fraction of sp³-hybridized carbons (Fsp3) is 0. The van der Waals surface area contributed by atoms with Crippen LogP contribution in [0.1, 0.15) is 5.69 Å². The van der Waals surface area contributed by atoms with Crippen LogP contribution in [0.4, 0.5) is 0 Å². The Morgan fingerprint density at radius 2 is 2.33 bits per heavy atom. The van der Waals surface area contributed by atoms with Gasteiger partial charge in [-0.05, 0) is 6.08 Å². The van der Waals surface area contributed by atoms with Crippen LogP contribution in [0.5, 0.6) is 0 Å². The van der Waals surface area contributed by atoms with Gasteiger partial charge in [-0.15, -0.1) is 0 Å². The van der Waals surface area contributed by atoms with Crippen LogP contribution in [-0.4, -0.2) is 31.2 Å². The van der Waals surface area contributed by atoms with Gasteiger partial charge in [0.25, 0.3) is 5.56 Å². The molecule has 2 aromatic heterocycles. The first kappa shape index (κ1) is 9.13. The summed E-state index contributed by atoms with van der Waals surface area (Å²) < 4.78 is 0. The third kappa shape index (κ3) is 1.62. The summed E-state index contributed by atoms with van der Waals surface area (Å²) in [5, 5.41) is 15.0. The van der Waals surface area contributed by atoms with Gasteiger partial charge in [0.1, 0.15) is 5.39 Å². The molecule has 0 amide bonds. The number of aromatic nitrogens is 4. The first-order chi connectivity index (χ1) is 7.18. The number of nitrogens with zero attached hydrogens (tertiary/aromatic N) is 2. The Bertz CT molecular complexity index is 595. The van der Waals surface area contributed by atoms with E-state index >= 15 is 0 Å². The van der Waals surface area contributed by atoms with Crippen LogP contribution in [0, 0.1) is 0 Å². The highest BCUT2D eigenvalue weighted by Crippen LogP contribution is 2.08. The molecule has 0 aliphatic carbocycles. The van der Waals surface area contributed by atoms with Gasteiger partial charge in [-0.3, -0.25) is 9.89 Å². The maximum absolute atomic E-state index is 11.4. The molecule has 0 atom stereocenters. The van der Waals surface area contributed by atoms with Gasteiger partial charge in [0, 0.05) is 6.08 Å². The second-order valence-electron chi connectivity index (χ2n) is 2.74. The van der Waals surface area contributed by atoms with Gasteiger partial charge in [0.05, 0.1) is 12.0 Å². The van der Waals surface area contributed by atoms with Gasteiger partial charge in [0.2, 0.25) is 0 Å². The van der Waals surface area contributed by atoms with Crippen LogP contribution in [0.25, 0.3) is 17.1 Å². The number of nitrogens with one attached hydrogen (secondary N) is 2. The van der Waals surface area contributed by atoms with E-state index in [1.54, 1.807) is 0 Å². The van der Waals surface area contributed by atoms with E-state index in [4.69, 9.17) is 5.11 Å². The van der Waals surface area contributed by atoms with Crippen LogP contribution >= 0.6 is 0 Å². The van der Waals surface area contributed by atoms with Crippen molar-refractivity contribution in [2.45, 2.75) is 0 Å². The van der Waals surface area contributed by atoms with Crippen molar-refractivity contribution in [3.8, 4) is 0 Å². The van der Waals surface area contributed by atoms with Gasteiger partial charge in [-0.2, -0.15) is 5.10 Å². The largest absolute Gasteiger partial charge is 0.478 e. The van der Waals surface area contributed by atoms with E-state index in [0.717, 1.165) is 6.08 Å². The topological polar surface area (TPSA) is 112 Å². The fourth-order valence-corrected chi connectivity index (χ4v) is 1.16. The van der Waals surface area contributed by atoms with Crippen LogP contribution in [0.3, 0.4) is 0 Å². The summed E-state index contributed by atoms with van der Waals surface area (Å²) in [7, 11) is 0. The Hall–Kier alpha value is -2.44. The Labute approximate surface area is 82.5 Å². The maximum atomic E-state index is 11.4. The molecule has 0 fully saturated rings. The smallest absolute Gasteiger partial charge is 0.328 e. The number of fused-ring (bicyclic) bond motifs is 1. The van der Waals surface area contributed by atoms with Crippen molar-refractivity contribution < 1.29 is 9.90 Å². The summed E-state index contributed by atoms with van der Waals surface area (Å²) in [6.07, 6.45) is 3.41. The summed E-state index contributed by atoms with van der Waals surface area (Å²) >= 11 is 0. The molecule has 0 bridgehead atoms. The lowest BCUT2D eigenvalue weighted by Gasteiger charge is -1.86. The van der Waals surface area contributed by atoms with Crippen LogP contribution in [0.15, 0.2) is 17.2 Å². The normalized spacial score (nSPS) is 11.2. The lowest BCUT2D eigenvalue weighted by molar-refractivity contribution is -0.131. The van der Waals surface area contributed by atoms with Gasteiger partial charge in [0.15, 0.2) is 5.65 Å². The average Bonchev–Trinajstić information content (AvgIpc) is 2.59. The predicted octanol–water partition coefficient (Wildman–Crippen LogP) is -0.256. The van der Waals surface area contributed by atoms with E-state index in [0.29, 0.717) is 5.69 Å². The van der Waals surface area contributed by atoms with Gasteiger partial charge in [-0.1, -0.05) is 0 Å². The van der Waals surface area contributed by atoms with Gasteiger partial charge < -0.3 is 10.1 Å². The third-order valence-electron chi connectivity index (χ3n) is 1.78. The van der Waals surface area contributed by atoms with Crippen molar-refractivity contribution in [2.75, 3.05) is 0 Å². The lowest BCUT2D eigenvalue weighted by atomic mass is 10.3. The number of carbonyl (C=O) groups is 1. The molecule has 3 N–H and O–H groups in total. The van der Waals surface area contributed by atoms with E-state index in [-0.39, 0.29) is 16.6 Å². The minimum Gasteiger partial charge on any atom is -0.478 e. The van der Waals surface area contributed by atoms with Crippen molar-refractivity contribution in [3.05, 3.63) is 28.5 Å². The maximum Gasteiger partial charge on any atom is 0.328 e. The zero-order valence-corrected chi connectivity index (χ0v) is 7.39.